The molecule has 0 unspecified atom stereocenters. The average molecular weight is 311 g/mol. The maximum Gasteiger partial charge on any atom is 0.357 e. The molecule has 1 heterocycles. The molecule has 1 aromatic carbocycles. The van der Waals surface area contributed by atoms with Gasteiger partial charge in [-0.2, -0.15) is 5.26 Å². The van der Waals surface area contributed by atoms with Gasteiger partial charge in [-0.1, -0.05) is 12.6 Å². The summed E-state index contributed by atoms with van der Waals surface area (Å²) in [6.07, 6.45) is 1.50. The Bertz CT molecular complexity index is 800. The molecule has 0 radical (unpaired) electrons. The van der Waals surface area contributed by atoms with E-state index in [1.54, 1.807) is 24.3 Å². The number of carbonyl (C=O) groups is 1. The second-order valence-corrected chi connectivity index (χ2v) is 5.02. The van der Waals surface area contributed by atoms with Crippen LogP contribution < -0.4 is 10.5 Å². The van der Waals surface area contributed by atoms with Gasteiger partial charge in [-0.25, -0.2) is 4.79 Å². The van der Waals surface area contributed by atoms with Crippen LogP contribution in [-0.2, 0) is 4.74 Å². The molecule has 6 heteroatoms. The zero-order valence-electron chi connectivity index (χ0n) is 13.0. The molecule has 0 saturated heterocycles. The van der Waals surface area contributed by atoms with Gasteiger partial charge in [-0.15, -0.1) is 0 Å². The van der Waals surface area contributed by atoms with E-state index in [-0.39, 0.29) is 16.9 Å². The summed E-state index contributed by atoms with van der Waals surface area (Å²) in [6.45, 7) is 6.04. The van der Waals surface area contributed by atoms with Gasteiger partial charge in [-0.3, -0.25) is 0 Å². The summed E-state index contributed by atoms with van der Waals surface area (Å²) in [5, 5.41) is 9.13. The lowest BCUT2D eigenvalue weighted by atomic mass is 10.2. The molecule has 2 rings (SSSR count). The highest BCUT2D eigenvalue weighted by Crippen LogP contribution is 2.26. The van der Waals surface area contributed by atoms with Gasteiger partial charge < -0.3 is 19.8 Å². The molecule has 0 saturated carbocycles. The summed E-state index contributed by atoms with van der Waals surface area (Å²) < 4.78 is 11.9. The fourth-order valence-electron chi connectivity index (χ4n) is 2.05. The van der Waals surface area contributed by atoms with Crippen LogP contribution in [0.15, 0.2) is 42.6 Å². The van der Waals surface area contributed by atoms with Crippen LogP contribution in [0.1, 0.15) is 23.0 Å². The van der Waals surface area contributed by atoms with Crippen LogP contribution in [0, 0.1) is 11.3 Å². The molecule has 0 aliphatic rings. The number of nitrogen functional groups attached to an aromatic ring is 1. The predicted octanol–water partition coefficient (Wildman–Crippen LogP) is 2.67. The van der Waals surface area contributed by atoms with E-state index in [1.807, 2.05) is 13.0 Å². The Morgan fingerprint density at radius 3 is 2.83 bits per heavy atom. The highest BCUT2D eigenvalue weighted by Gasteiger charge is 2.21. The molecule has 0 aliphatic heterocycles. The van der Waals surface area contributed by atoms with Crippen LogP contribution in [0.3, 0.4) is 0 Å². The van der Waals surface area contributed by atoms with E-state index < -0.39 is 5.97 Å². The van der Waals surface area contributed by atoms with Crippen LogP contribution in [0.2, 0.25) is 0 Å². The van der Waals surface area contributed by atoms with Crippen molar-refractivity contribution in [2.45, 2.75) is 6.92 Å². The third-order valence-electron chi connectivity index (χ3n) is 3.12. The van der Waals surface area contributed by atoms with Gasteiger partial charge in [0.2, 0.25) is 0 Å². The highest BCUT2D eigenvalue weighted by molar-refractivity contribution is 5.95. The number of nitrogens with two attached hydrogens (primary N) is 1. The van der Waals surface area contributed by atoms with Crippen LogP contribution in [0.4, 0.5) is 5.69 Å². The fraction of sp³-hybridized carbons (Fsp3) is 0.176. The van der Waals surface area contributed by atoms with Crippen molar-refractivity contribution in [2.24, 2.45) is 0 Å². The molecular weight excluding hydrogens is 294 g/mol. The molecule has 0 atom stereocenters. The maximum atomic E-state index is 12.0. The molecule has 2 aromatic rings. The average Bonchev–Trinajstić information content (AvgIpc) is 2.89. The normalized spacial score (nSPS) is 9.96. The van der Waals surface area contributed by atoms with Crippen LogP contribution in [-0.4, -0.2) is 24.3 Å². The summed E-state index contributed by atoms with van der Waals surface area (Å²) in [5.74, 6) is 0.00403. The first-order chi connectivity index (χ1) is 11.0. The van der Waals surface area contributed by atoms with E-state index in [2.05, 4.69) is 6.58 Å². The number of rotatable bonds is 5. The third kappa shape index (κ3) is 3.35. The Morgan fingerprint density at radius 2 is 2.22 bits per heavy atom. The maximum absolute atomic E-state index is 12.0. The van der Waals surface area contributed by atoms with Gasteiger partial charge in [0, 0.05) is 18.0 Å². The Labute approximate surface area is 134 Å². The number of methoxy groups -OCH3 is 1. The second-order valence-electron chi connectivity index (χ2n) is 5.02. The number of nitrogens with zero attached hydrogens (tertiary/aromatic N) is 2. The molecular formula is C17H17N3O3. The molecule has 0 amide bonds. The van der Waals surface area contributed by atoms with E-state index in [0.29, 0.717) is 18.0 Å². The minimum Gasteiger partial charge on any atom is -0.489 e. The van der Waals surface area contributed by atoms with E-state index in [9.17, 15) is 4.79 Å². The lowest BCUT2D eigenvalue weighted by molar-refractivity contribution is 0.0593. The monoisotopic (exact) mass is 311 g/mol. The zero-order chi connectivity index (χ0) is 17.0. The molecule has 0 aliphatic carbocycles. The summed E-state index contributed by atoms with van der Waals surface area (Å²) in [6, 6.07) is 9.07. The van der Waals surface area contributed by atoms with Gasteiger partial charge in [0.1, 0.15) is 18.4 Å². The van der Waals surface area contributed by atoms with Crippen LogP contribution >= 0.6 is 0 Å². The number of esters is 1. The van der Waals surface area contributed by atoms with Gasteiger partial charge in [0.15, 0.2) is 5.69 Å². The zero-order valence-corrected chi connectivity index (χ0v) is 13.0. The van der Waals surface area contributed by atoms with Crippen LogP contribution in [0.25, 0.3) is 5.69 Å². The van der Waals surface area contributed by atoms with Crippen molar-refractivity contribution < 1.29 is 14.3 Å². The van der Waals surface area contributed by atoms with Crippen LogP contribution in [0.5, 0.6) is 5.75 Å². The number of nitriles is 1. The van der Waals surface area contributed by atoms with E-state index >= 15 is 0 Å². The Hall–Kier alpha value is -3.20. The lowest BCUT2D eigenvalue weighted by Gasteiger charge is -2.11. The first-order valence-electron chi connectivity index (χ1n) is 6.84. The summed E-state index contributed by atoms with van der Waals surface area (Å²) in [5.41, 5.74) is 7.82. The van der Waals surface area contributed by atoms with Gasteiger partial charge >= 0.3 is 5.97 Å². The second kappa shape index (κ2) is 6.71. The molecule has 0 fully saturated rings. The number of aromatic nitrogens is 1. The Kier molecular flexibility index (Phi) is 4.72. The molecule has 23 heavy (non-hydrogen) atoms. The number of benzene rings is 1. The van der Waals surface area contributed by atoms with Crippen molar-refractivity contribution in [3.8, 4) is 17.5 Å². The molecule has 1 aromatic heterocycles. The minimum atomic E-state index is -0.614. The van der Waals surface area contributed by atoms with Gasteiger partial charge in [0.25, 0.3) is 0 Å². The molecule has 0 bridgehead atoms. The highest BCUT2D eigenvalue weighted by atomic mass is 16.5. The Morgan fingerprint density at radius 1 is 1.48 bits per heavy atom. The summed E-state index contributed by atoms with van der Waals surface area (Å²) >= 11 is 0. The number of anilines is 1. The van der Waals surface area contributed by atoms with E-state index in [1.165, 1.54) is 17.9 Å². The number of carbonyl (C=O) groups excluding carboxylic acids is 1. The minimum absolute atomic E-state index is 0.0904. The van der Waals surface area contributed by atoms with Crippen molar-refractivity contribution >= 4 is 11.7 Å². The standard InChI is InChI=1S/C17H17N3O3/c1-11(2)10-23-14-6-4-5-13(7-14)20-9-12(8-18)15(19)16(20)17(21)22-3/h4-7,9H,1,10,19H2,2-3H3. The lowest BCUT2D eigenvalue weighted by Crippen LogP contribution is -2.11. The summed E-state index contributed by atoms with van der Waals surface area (Å²) in [7, 11) is 1.26. The van der Waals surface area contributed by atoms with Gasteiger partial charge in [-0.05, 0) is 24.6 Å². The SMILES string of the molecule is C=C(C)COc1cccc(-n2cc(C#N)c(N)c2C(=O)OC)c1. The van der Waals surface area contributed by atoms with E-state index in [4.69, 9.17) is 20.5 Å². The van der Waals surface area contributed by atoms with Crippen molar-refractivity contribution in [2.75, 3.05) is 19.5 Å². The molecule has 0 spiro atoms. The number of ether oxygens (including phenoxy) is 2. The molecule has 6 nitrogen and oxygen atoms in total. The number of hydrogen-bond acceptors (Lipinski definition) is 5. The Balaban J connectivity index is 2.50. The van der Waals surface area contributed by atoms with Crippen molar-refractivity contribution in [1.82, 2.24) is 4.57 Å². The smallest absolute Gasteiger partial charge is 0.357 e. The predicted molar refractivity (Wildman–Crippen MR) is 86.5 cm³/mol. The largest absolute Gasteiger partial charge is 0.489 e. The first-order valence-corrected chi connectivity index (χ1v) is 6.84. The number of hydrogen-bond donors (Lipinski definition) is 1. The van der Waals surface area contributed by atoms with Crippen molar-refractivity contribution in [3.63, 3.8) is 0 Å². The summed E-state index contributed by atoms with van der Waals surface area (Å²) in [4.78, 5) is 12.0. The third-order valence-corrected chi connectivity index (χ3v) is 3.12. The molecule has 118 valence electrons. The van der Waals surface area contributed by atoms with Crippen molar-refractivity contribution in [1.29, 1.82) is 5.26 Å². The quantitative estimate of drug-likeness (QED) is 0.677. The fourth-order valence-corrected chi connectivity index (χ4v) is 2.05. The van der Waals surface area contributed by atoms with Crippen molar-refractivity contribution in [3.05, 3.63) is 53.9 Å². The topological polar surface area (TPSA) is 90.3 Å². The first kappa shape index (κ1) is 16.2. The van der Waals surface area contributed by atoms with E-state index in [0.717, 1.165) is 5.57 Å². The molecule has 2 N–H and O–H groups in total. The van der Waals surface area contributed by atoms with Gasteiger partial charge in [0.05, 0.1) is 18.4 Å².